The van der Waals surface area contributed by atoms with Crippen LogP contribution >= 0.6 is 0 Å². The zero-order valence-electron chi connectivity index (χ0n) is 10.6. The fourth-order valence-corrected chi connectivity index (χ4v) is 1.63. The first-order valence-electron chi connectivity index (χ1n) is 5.89. The van der Waals surface area contributed by atoms with Crippen LogP contribution in [0.3, 0.4) is 0 Å². The molecule has 0 unspecified atom stereocenters. The van der Waals surface area contributed by atoms with E-state index in [0.29, 0.717) is 6.07 Å². The Hall–Kier alpha value is -2.57. The normalized spacial score (nSPS) is 10.3. The molecule has 0 saturated heterocycles. The smallest absolute Gasteiger partial charge is 0.243 e. The van der Waals surface area contributed by atoms with Crippen LogP contribution < -0.4 is 10.6 Å². The Labute approximate surface area is 117 Å². The Bertz CT molecular complexity index is 676. The average Bonchev–Trinajstić information content (AvgIpc) is 2.41. The van der Waals surface area contributed by atoms with Crippen molar-refractivity contribution in [3.05, 3.63) is 59.7 Å². The van der Waals surface area contributed by atoms with E-state index in [1.165, 1.54) is 18.2 Å². The van der Waals surface area contributed by atoms with Crippen molar-refractivity contribution in [2.75, 3.05) is 17.2 Å². The van der Waals surface area contributed by atoms with Crippen LogP contribution in [0.2, 0.25) is 0 Å². The maximum absolute atomic E-state index is 13.3. The molecule has 2 aromatic rings. The van der Waals surface area contributed by atoms with Crippen molar-refractivity contribution in [1.82, 2.24) is 0 Å². The van der Waals surface area contributed by atoms with Gasteiger partial charge >= 0.3 is 0 Å². The quantitative estimate of drug-likeness (QED) is 0.672. The van der Waals surface area contributed by atoms with Crippen molar-refractivity contribution >= 4 is 17.3 Å². The number of nitrogens with one attached hydrogen (secondary N) is 2. The molecule has 21 heavy (non-hydrogen) atoms. The maximum Gasteiger partial charge on any atom is 0.243 e. The van der Waals surface area contributed by atoms with Crippen LogP contribution in [0.4, 0.5) is 28.9 Å². The Morgan fingerprint density at radius 1 is 1.00 bits per heavy atom. The lowest BCUT2D eigenvalue weighted by Gasteiger charge is -2.09. The molecule has 2 N–H and O–H groups in total. The molecule has 1 amide bonds. The van der Waals surface area contributed by atoms with Gasteiger partial charge < -0.3 is 10.6 Å². The highest BCUT2D eigenvalue weighted by molar-refractivity contribution is 5.93. The zero-order chi connectivity index (χ0) is 15.4. The Kier molecular flexibility index (Phi) is 4.42. The van der Waals surface area contributed by atoms with Crippen LogP contribution in [-0.2, 0) is 4.79 Å². The molecule has 2 aromatic carbocycles. The first-order valence-corrected chi connectivity index (χ1v) is 5.89. The Morgan fingerprint density at radius 2 is 1.76 bits per heavy atom. The standard InChI is InChI=1S/C14H10F4N2O/c15-8-2-1-3-10(4-8)20-13(21)7-19-12-6-9(16)5-11(17)14(12)18/h1-6,19H,7H2,(H,20,21). The number of benzene rings is 2. The van der Waals surface area contributed by atoms with Crippen molar-refractivity contribution in [2.24, 2.45) is 0 Å². The number of anilines is 2. The molecule has 0 bridgehead atoms. The highest BCUT2D eigenvalue weighted by Crippen LogP contribution is 2.19. The van der Waals surface area contributed by atoms with Gasteiger partial charge in [-0.25, -0.2) is 17.6 Å². The largest absolute Gasteiger partial charge is 0.374 e. The van der Waals surface area contributed by atoms with Crippen LogP contribution in [0.1, 0.15) is 0 Å². The molecular formula is C14H10F4N2O. The minimum absolute atomic E-state index is 0.215. The fraction of sp³-hybridized carbons (Fsp3) is 0.0714. The topological polar surface area (TPSA) is 41.1 Å². The number of carbonyl (C=O) groups excluding carboxylic acids is 1. The summed E-state index contributed by atoms with van der Waals surface area (Å²) in [7, 11) is 0. The molecule has 0 spiro atoms. The van der Waals surface area contributed by atoms with Gasteiger partial charge in [-0.2, -0.15) is 0 Å². The van der Waals surface area contributed by atoms with E-state index < -0.39 is 41.4 Å². The summed E-state index contributed by atoms with van der Waals surface area (Å²) in [6.45, 7) is -0.434. The summed E-state index contributed by atoms with van der Waals surface area (Å²) in [5.41, 5.74) is -0.255. The molecule has 0 aliphatic heterocycles. The van der Waals surface area contributed by atoms with E-state index in [4.69, 9.17) is 0 Å². The summed E-state index contributed by atoms with van der Waals surface area (Å²) in [6.07, 6.45) is 0. The number of rotatable bonds is 4. The summed E-state index contributed by atoms with van der Waals surface area (Å²) in [4.78, 5) is 11.6. The van der Waals surface area contributed by atoms with E-state index in [2.05, 4.69) is 10.6 Å². The van der Waals surface area contributed by atoms with Crippen molar-refractivity contribution in [3.63, 3.8) is 0 Å². The third-order valence-corrected chi connectivity index (χ3v) is 2.54. The van der Waals surface area contributed by atoms with E-state index in [1.807, 2.05) is 0 Å². The first kappa shape index (κ1) is 14.8. The van der Waals surface area contributed by atoms with Crippen LogP contribution in [0.25, 0.3) is 0 Å². The van der Waals surface area contributed by atoms with Gasteiger partial charge in [0.15, 0.2) is 11.6 Å². The second kappa shape index (κ2) is 6.25. The van der Waals surface area contributed by atoms with Crippen LogP contribution in [0.15, 0.2) is 36.4 Å². The molecular weight excluding hydrogens is 288 g/mol. The highest BCUT2D eigenvalue weighted by Gasteiger charge is 2.12. The van der Waals surface area contributed by atoms with Gasteiger partial charge in [0.2, 0.25) is 5.91 Å². The van der Waals surface area contributed by atoms with Crippen molar-refractivity contribution in [2.45, 2.75) is 0 Å². The lowest BCUT2D eigenvalue weighted by Crippen LogP contribution is -2.22. The van der Waals surface area contributed by atoms with Gasteiger partial charge in [-0.15, -0.1) is 0 Å². The third-order valence-electron chi connectivity index (χ3n) is 2.54. The average molecular weight is 298 g/mol. The molecule has 0 aliphatic rings. The van der Waals surface area contributed by atoms with E-state index in [9.17, 15) is 22.4 Å². The van der Waals surface area contributed by atoms with Gasteiger partial charge in [0, 0.05) is 17.8 Å². The van der Waals surface area contributed by atoms with Crippen molar-refractivity contribution < 1.29 is 22.4 Å². The van der Waals surface area contributed by atoms with Crippen LogP contribution in [0.5, 0.6) is 0 Å². The summed E-state index contributed by atoms with van der Waals surface area (Å²) in [5, 5.41) is 4.62. The number of carbonyl (C=O) groups is 1. The second-order valence-electron chi connectivity index (χ2n) is 4.16. The SMILES string of the molecule is O=C(CNc1cc(F)cc(F)c1F)Nc1cccc(F)c1. The summed E-state index contributed by atoms with van der Waals surface area (Å²) >= 11 is 0. The number of hydrogen-bond acceptors (Lipinski definition) is 2. The van der Waals surface area contributed by atoms with Gasteiger partial charge in [-0.1, -0.05) is 6.07 Å². The highest BCUT2D eigenvalue weighted by atomic mass is 19.2. The summed E-state index contributed by atoms with van der Waals surface area (Å²) < 4.78 is 52.1. The van der Waals surface area contributed by atoms with Gasteiger partial charge in [0.1, 0.15) is 11.6 Å². The molecule has 110 valence electrons. The predicted molar refractivity (Wildman–Crippen MR) is 69.8 cm³/mol. The number of halogens is 4. The molecule has 2 rings (SSSR count). The minimum atomic E-state index is -1.36. The zero-order valence-corrected chi connectivity index (χ0v) is 10.6. The molecule has 0 aromatic heterocycles. The maximum atomic E-state index is 13.3. The summed E-state index contributed by atoms with van der Waals surface area (Å²) in [6, 6.07) is 6.30. The third kappa shape index (κ3) is 3.95. The van der Waals surface area contributed by atoms with Gasteiger partial charge in [-0.05, 0) is 18.2 Å². The van der Waals surface area contributed by atoms with Gasteiger partial charge in [-0.3, -0.25) is 4.79 Å². The molecule has 0 fully saturated rings. The second-order valence-corrected chi connectivity index (χ2v) is 4.16. The predicted octanol–water partition coefficient (Wildman–Crippen LogP) is 3.29. The lowest BCUT2D eigenvalue weighted by molar-refractivity contribution is -0.114. The molecule has 7 heteroatoms. The minimum Gasteiger partial charge on any atom is -0.374 e. The van der Waals surface area contributed by atoms with Crippen LogP contribution in [0, 0.1) is 23.3 Å². The van der Waals surface area contributed by atoms with Crippen molar-refractivity contribution in [1.29, 1.82) is 0 Å². The molecule has 0 atom stereocenters. The lowest BCUT2D eigenvalue weighted by atomic mass is 10.2. The van der Waals surface area contributed by atoms with E-state index >= 15 is 0 Å². The van der Waals surface area contributed by atoms with E-state index in [1.54, 1.807) is 0 Å². The van der Waals surface area contributed by atoms with Crippen LogP contribution in [-0.4, -0.2) is 12.5 Å². The fourth-order valence-electron chi connectivity index (χ4n) is 1.63. The molecule has 0 radical (unpaired) electrons. The molecule has 0 saturated carbocycles. The monoisotopic (exact) mass is 298 g/mol. The van der Waals surface area contributed by atoms with Crippen molar-refractivity contribution in [3.8, 4) is 0 Å². The van der Waals surface area contributed by atoms with E-state index in [0.717, 1.165) is 12.1 Å². The van der Waals surface area contributed by atoms with Gasteiger partial charge in [0.25, 0.3) is 0 Å². The molecule has 3 nitrogen and oxygen atoms in total. The molecule has 0 heterocycles. The number of amides is 1. The van der Waals surface area contributed by atoms with Gasteiger partial charge in [0.05, 0.1) is 12.2 Å². The van der Waals surface area contributed by atoms with E-state index in [-0.39, 0.29) is 5.69 Å². The number of hydrogen-bond donors (Lipinski definition) is 2. The Morgan fingerprint density at radius 3 is 2.48 bits per heavy atom. The Balaban J connectivity index is 1.98. The molecule has 0 aliphatic carbocycles. The summed E-state index contributed by atoms with van der Waals surface area (Å²) in [5.74, 6) is -4.76. The first-order chi connectivity index (χ1) is 9.95.